The summed E-state index contributed by atoms with van der Waals surface area (Å²) >= 11 is 0. The van der Waals surface area contributed by atoms with E-state index in [1.807, 2.05) is 35.2 Å². The van der Waals surface area contributed by atoms with Gasteiger partial charge in [0.05, 0.1) is 19.0 Å². The van der Waals surface area contributed by atoms with Crippen LogP contribution in [0.4, 0.5) is 0 Å². The standard InChI is InChI=1S/C17H21N3O2/c1-13-7-6-10-19(11-13)17(21)16-15(22-2)12-20(18-16)14-8-4-3-5-9-14/h3-5,8-9,12-13H,6-7,10-11H2,1-2H3. The van der Waals surface area contributed by atoms with E-state index in [4.69, 9.17) is 4.74 Å². The first-order chi connectivity index (χ1) is 10.7. The van der Waals surface area contributed by atoms with Gasteiger partial charge in [0.25, 0.3) is 5.91 Å². The Labute approximate surface area is 130 Å². The quantitative estimate of drug-likeness (QED) is 0.875. The minimum Gasteiger partial charge on any atom is -0.493 e. The van der Waals surface area contributed by atoms with Crippen LogP contribution in [0.5, 0.6) is 5.75 Å². The lowest BCUT2D eigenvalue weighted by Gasteiger charge is -2.30. The van der Waals surface area contributed by atoms with Gasteiger partial charge in [0.2, 0.25) is 0 Å². The second kappa shape index (κ2) is 6.22. The number of rotatable bonds is 3. The average Bonchev–Trinajstić information content (AvgIpc) is 2.99. The van der Waals surface area contributed by atoms with E-state index in [1.165, 1.54) is 6.42 Å². The van der Waals surface area contributed by atoms with E-state index in [9.17, 15) is 4.79 Å². The predicted octanol–water partition coefficient (Wildman–Crippen LogP) is 2.75. The fourth-order valence-corrected chi connectivity index (χ4v) is 2.89. The number of amides is 1. The van der Waals surface area contributed by atoms with E-state index in [0.29, 0.717) is 17.4 Å². The number of carbonyl (C=O) groups excluding carboxylic acids is 1. The van der Waals surface area contributed by atoms with Gasteiger partial charge in [-0.25, -0.2) is 4.68 Å². The summed E-state index contributed by atoms with van der Waals surface area (Å²) in [7, 11) is 1.57. The molecule has 0 saturated carbocycles. The van der Waals surface area contributed by atoms with Crippen molar-refractivity contribution in [1.82, 2.24) is 14.7 Å². The Morgan fingerprint density at radius 3 is 2.77 bits per heavy atom. The first-order valence-corrected chi connectivity index (χ1v) is 7.67. The lowest BCUT2D eigenvalue weighted by molar-refractivity contribution is 0.0673. The van der Waals surface area contributed by atoms with Crippen molar-refractivity contribution >= 4 is 5.91 Å². The Morgan fingerprint density at radius 1 is 1.32 bits per heavy atom. The monoisotopic (exact) mass is 299 g/mol. The number of piperidine rings is 1. The van der Waals surface area contributed by atoms with Gasteiger partial charge in [-0.1, -0.05) is 25.1 Å². The highest BCUT2D eigenvalue weighted by atomic mass is 16.5. The molecule has 1 aliphatic rings. The molecule has 0 aliphatic carbocycles. The Bertz CT molecular complexity index is 651. The summed E-state index contributed by atoms with van der Waals surface area (Å²) < 4.78 is 7.05. The SMILES string of the molecule is COc1cn(-c2ccccc2)nc1C(=O)N1CCCC(C)C1. The summed E-state index contributed by atoms with van der Waals surface area (Å²) in [6, 6.07) is 9.73. The molecule has 22 heavy (non-hydrogen) atoms. The molecule has 0 radical (unpaired) electrons. The van der Waals surface area contributed by atoms with Gasteiger partial charge in [0, 0.05) is 13.1 Å². The van der Waals surface area contributed by atoms with Crippen LogP contribution in [0, 0.1) is 5.92 Å². The zero-order valence-corrected chi connectivity index (χ0v) is 13.0. The lowest BCUT2D eigenvalue weighted by atomic mass is 10.00. The summed E-state index contributed by atoms with van der Waals surface area (Å²) in [5.41, 5.74) is 1.30. The second-order valence-electron chi connectivity index (χ2n) is 5.82. The number of hydrogen-bond donors (Lipinski definition) is 0. The van der Waals surface area contributed by atoms with Gasteiger partial charge in [-0.05, 0) is 30.9 Å². The molecular formula is C17H21N3O2. The maximum atomic E-state index is 12.7. The highest BCUT2D eigenvalue weighted by Gasteiger charge is 2.27. The molecule has 2 heterocycles. The fraction of sp³-hybridized carbons (Fsp3) is 0.412. The normalized spacial score (nSPS) is 18.3. The van der Waals surface area contributed by atoms with E-state index in [1.54, 1.807) is 18.0 Å². The summed E-state index contributed by atoms with van der Waals surface area (Å²) in [6.45, 7) is 3.77. The van der Waals surface area contributed by atoms with Crippen LogP contribution >= 0.6 is 0 Å². The molecule has 1 atom stereocenters. The van der Waals surface area contributed by atoms with Crippen molar-refractivity contribution in [3.63, 3.8) is 0 Å². The van der Waals surface area contributed by atoms with Crippen LogP contribution < -0.4 is 4.74 Å². The van der Waals surface area contributed by atoms with Crippen LogP contribution in [0.1, 0.15) is 30.3 Å². The van der Waals surface area contributed by atoms with Crippen LogP contribution in [0.15, 0.2) is 36.5 Å². The molecule has 1 fully saturated rings. The third-order valence-electron chi connectivity index (χ3n) is 4.07. The number of para-hydroxylation sites is 1. The van der Waals surface area contributed by atoms with E-state index in [2.05, 4.69) is 12.0 Å². The maximum Gasteiger partial charge on any atom is 0.278 e. The summed E-state index contributed by atoms with van der Waals surface area (Å²) in [5.74, 6) is 1.02. The molecular weight excluding hydrogens is 278 g/mol. The van der Waals surface area contributed by atoms with Crippen LogP contribution in [-0.2, 0) is 0 Å². The number of nitrogens with zero attached hydrogens (tertiary/aromatic N) is 3. The highest BCUT2D eigenvalue weighted by Crippen LogP contribution is 2.24. The first kappa shape index (κ1) is 14.6. The fourth-order valence-electron chi connectivity index (χ4n) is 2.89. The minimum absolute atomic E-state index is 0.0434. The molecule has 1 saturated heterocycles. The largest absolute Gasteiger partial charge is 0.493 e. The Hall–Kier alpha value is -2.30. The Balaban J connectivity index is 1.90. The third-order valence-corrected chi connectivity index (χ3v) is 4.07. The van der Waals surface area contributed by atoms with Crippen molar-refractivity contribution in [2.45, 2.75) is 19.8 Å². The van der Waals surface area contributed by atoms with E-state index in [-0.39, 0.29) is 5.91 Å². The van der Waals surface area contributed by atoms with Crippen LogP contribution in [0.2, 0.25) is 0 Å². The summed E-state index contributed by atoms with van der Waals surface area (Å²) in [4.78, 5) is 14.6. The lowest BCUT2D eigenvalue weighted by Crippen LogP contribution is -2.39. The van der Waals surface area contributed by atoms with Gasteiger partial charge in [-0.2, -0.15) is 5.10 Å². The number of hydrogen-bond acceptors (Lipinski definition) is 3. The molecule has 2 aromatic rings. The minimum atomic E-state index is -0.0434. The number of methoxy groups -OCH3 is 1. The molecule has 1 aromatic heterocycles. The smallest absolute Gasteiger partial charge is 0.278 e. The Kier molecular flexibility index (Phi) is 4.13. The molecule has 5 heteroatoms. The second-order valence-corrected chi connectivity index (χ2v) is 5.82. The molecule has 1 amide bonds. The number of carbonyl (C=O) groups is 1. The van der Waals surface area contributed by atoms with Gasteiger partial charge >= 0.3 is 0 Å². The highest BCUT2D eigenvalue weighted by molar-refractivity contribution is 5.95. The topological polar surface area (TPSA) is 47.4 Å². The molecule has 1 aliphatic heterocycles. The third kappa shape index (κ3) is 2.84. The molecule has 116 valence electrons. The first-order valence-electron chi connectivity index (χ1n) is 7.67. The Morgan fingerprint density at radius 2 is 2.09 bits per heavy atom. The van der Waals surface area contributed by atoms with E-state index >= 15 is 0 Å². The van der Waals surface area contributed by atoms with Crippen LogP contribution in [0.3, 0.4) is 0 Å². The molecule has 0 bridgehead atoms. The summed E-state index contributed by atoms with van der Waals surface area (Å²) in [5, 5.41) is 4.45. The molecule has 0 N–H and O–H groups in total. The number of aromatic nitrogens is 2. The predicted molar refractivity (Wildman–Crippen MR) is 84.4 cm³/mol. The van der Waals surface area contributed by atoms with Crippen molar-refractivity contribution in [3.8, 4) is 11.4 Å². The van der Waals surface area contributed by atoms with E-state index < -0.39 is 0 Å². The summed E-state index contributed by atoms with van der Waals surface area (Å²) in [6.07, 6.45) is 3.99. The van der Waals surface area contributed by atoms with E-state index in [0.717, 1.165) is 25.2 Å². The molecule has 1 aromatic carbocycles. The maximum absolute atomic E-state index is 12.7. The number of likely N-dealkylation sites (tertiary alicyclic amines) is 1. The van der Waals surface area contributed by atoms with Gasteiger partial charge in [0.15, 0.2) is 11.4 Å². The molecule has 1 unspecified atom stereocenters. The van der Waals surface area contributed by atoms with Gasteiger partial charge in [0.1, 0.15) is 0 Å². The van der Waals surface area contributed by atoms with Crippen molar-refractivity contribution in [1.29, 1.82) is 0 Å². The van der Waals surface area contributed by atoms with Crippen molar-refractivity contribution in [3.05, 3.63) is 42.2 Å². The number of ether oxygens (including phenoxy) is 1. The van der Waals surface area contributed by atoms with Crippen molar-refractivity contribution in [2.24, 2.45) is 5.92 Å². The van der Waals surface area contributed by atoms with Gasteiger partial charge in [-0.15, -0.1) is 0 Å². The molecule has 3 rings (SSSR count). The van der Waals surface area contributed by atoms with Crippen molar-refractivity contribution in [2.75, 3.05) is 20.2 Å². The van der Waals surface area contributed by atoms with Gasteiger partial charge in [-0.3, -0.25) is 4.79 Å². The van der Waals surface area contributed by atoms with Crippen LogP contribution in [0.25, 0.3) is 5.69 Å². The zero-order valence-electron chi connectivity index (χ0n) is 13.0. The van der Waals surface area contributed by atoms with Gasteiger partial charge < -0.3 is 9.64 Å². The number of benzene rings is 1. The molecule has 0 spiro atoms. The van der Waals surface area contributed by atoms with Crippen LogP contribution in [-0.4, -0.2) is 40.8 Å². The average molecular weight is 299 g/mol. The molecule has 5 nitrogen and oxygen atoms in total. The van der Waals surface area contributed by atoms with Crippen molar-refractivity contribution < 1.29 is 9.53 Å². The zero-order chi connectivity index (χ0) is 15.5.